The lowest BCUT2D eigenvalue weighted by molar-refractivity contribution is -0.802. The molecule has 0 saturated heterocycles. The van der Waals surface area contributed by atoms with Crippen LogP contribution in [-0.2, 0) is 0 Å². The van der Waals surface area contributed by atoms with Crippen LogP contribution in [0.3, 0.4) is 0 Å². The zero-order chi connectivity index (χ0) is 8.78. The molecule has 0 radical (unpaired) electrons. The van der Waals surface area contributed by atoms with E-state index < -0.39 is 6.68 Å². The van der Waals surface area contributed by atoms with Crippen LogP contribution in [0.5, 0.6) is 0 Å². The fraction of sp³-hybridized carbons (Fsp3) is 0.800. The average Bonchev–Trinajstić information content (AvgIpc) is 1.63. The Balaban J connectivity index is 0. The third kappa shape index (κ3) is 56.2. The second kappa shape index (κ2) is 5.06. The van der Waals surface area contributed by atoms with Gasteiger partial charge in [0.1, 0.15) is 0 Å². The van der Waals surface area contributed by atoms with Gasteiger partial charge in [-0.1, -0.05) is 0 Å². The van der Waals surface area contributed by atoms with Gasteiger partial charge in [0.25, 0.3) is 0 Å². The van der Waals surface area contributed by atoms with Crippen molar-refractivity contribution in [2.24, 2.45) is 0 Å². The lowest BCUT2D eigenvalue weighted by atomic mass is 10.8. The van der Waals surface area contributed by atoms with Gasteiger partial charge in [0.2, 0.25) is 0 Å². The van der Waals surface area contributed by atoms with Gasteiger partial charge in [-0.3, -0.25) is 0 Å². The van der Waals surface area contributed by atoms with Crippen molar-refractivity contribution in [1.82, 2.24) is 0 Å². The zero-order valence-corrected chi connectivity index (χ0v) is 6.11. The molecule has 0 unspecified atom stereocenters. The fourth-order valence-electron chi connectivity index (χ4n) is 0. The lowest BCUT2D eigenvalue weighted by Gasteiger charge is -2.07. The number of hydrogen-bond acceptors (Lipinski definition) is 1. The molecule has 60 valence electrons. The summed E-state index contributed by atoms with van der Waals surface area (Å²) in [7, 11) is 5.46. The van der Waals surface area contributed by atoms with Gasteiger partial charge in [-0.15, -0.1) is 5.26 Å². The summed E-state index contributed by atoms with van der Waals surface area (Å²) in [5.74, 6) is 0. The molecule has 0 bridgehead atoms. The first-order valence-corrected chi connectivity index (χ1v) is 2.44. The van der Waals surface area contributed by atoms with E-state index in [1.165, 1.54) is 0 Å². The Kier molecular flexibility index (Phi) is 6.05. The summed E-state index contributed by atoms with van der Waals surface area (Å²) in [5, 5.41) is 8.12. The van der Waals surface area contributed by atoms with Crippen LogP contribution in [0.15, 0.2) is 0 Å². The molecule has 0 rings (SSSR count). The van der Waals surface area contributed by atoms with Crippen molar-refractivity contribution < 1.29 is 17.7 Å². The maximum absolute atomic E-state index is 9.67. The summed E-state index contributed by atoms with van der Waals surface area (Å²) in [5.41, 5.74) is 0. The molecule has 0 spiro atoms. The number of rotatable bonds is 0. The van der Waals surface area contributed by atoms with Gasteiger partial charge in [0.05, 0.1) is 21.1 Å². The summed E-state index contributed by atoms with van der Waals surface area (Å²) in [6.07, 6.45) is 2.04. The third-order valence-corrected chi connectivity index (χ3v) is 0.300. The molecule has 0 aliphatic heterocycles. The summed E-state index contributed by atoms with van der Waals surface area (Å²) in [6.45, 7) is -3.67. The van der Waals surface area contributed by atoms with Crippen LogP contribution in [0.4, 0.5) is 13.2 Å². The van der Waals surface area contributed by atoms with Crippen LogP contribution in [0, 0.1) is 11.5 Å². The number of alkyl halides is 3. The van der Waals surface area contributed by atoms with Gasteiger partial charge in [-0.2, -0.15) is 13.2 Å². The van der Waals surface area contributed by atoms with Crippen molar-refractivity contribution >= 4 is 0 Å². The first-order chi connectivity index (χ1) is 4.29. The molecular weight excluding hydrogens is 145 g/mol. The molecule has 10 heavy (non-hydrogen) atoms. The molecule has 0 fully saturated rings. The number of quaternary nitrogens is 1. The van der Waals surface area contributed by atoms with Gasteiger partial charge in [-0.05, 0) is 0 Å². The smallest absolute Gasteiger partial charge is 0.231 e. The fourth-order valence-corrected chi connectivity index (χ4v) is 0. The maximum atomic E-state index is 9.67. The second-order valence-electron chi connectivity index (χ2n) is 2.36. The van der Waals surface area contributed by atoms with Crippen LogP contribution < -0.4 is 0 Å². The van der Waals surface area contributed by atoms with E-state index in [0.717, 1.165) is 0 Å². The first kappa shape index (κ1) is 12.0. The standard InChI is InChI=1S/C4H9N2.CHF3/c1-6(2,3)4-5;2-1(3)4/h1-3H3;1H/q+1;. The summed E-state index contributed by atoms with van der Waals surface area (Å²) >= 11 is 0. The molecule has 5 heteroatoms. The number of hydrogen-bond donors (Lipinski definition) is 0. The Morgan fingerprint density at radius 1 is 1.20 bits per heavy atom. The first-order valence-electron chi connectivity index (χ1n) is 2.44. The van der Waals surface area contributed by atoms with Crippen molar-refractivity contribution in [1.29, 1.82) is 5.26 Å². The van der Waals surface area contributed by atoms with Crippen molar-refractivity contribution in [3.63, 3.8) is 0 Å². The molecule has 0 aromatic heterocycles. The Bertz CT molecular complexity index is 108. The van der Waals surface area contributed by atoms with Gasteiger partial charge < -0.3 is 0 Å². The Morgan fingerprint density at radius 2 is 1.30 bits per heavy atom. The molecule has 0 aromatic rings. The molecule has 2 nitrogen and oxygen atoms in total. The van der Waals surface area contributed by atoms with E-state index in [0.29, 0.717) is 4.48 Å². The molecule has 0 amide bonds. The highest BCUT2D eigenvalue weighted by atomic mass is 19.4. The zero-order valence-electron chi connectivity index (χ0n) is 6.11. The van der Waals surface area contributed by atoms with Crippen molar-refractivity contribution in [3.05, 3.63) is 0 Å². The van der Waals surface area contributed by atoms with E-state index in [2.05, 4.69) is 0 Å². The lowest BCUT2D eigenvalue weighted by Crippen LogP contribution is -2.26. The van der Waals surface area contributed by atoms with E-state index in [9.17, 15) is 13.2 Å². The molecule has 0 aliphatic carbocycles. The van der Waals surface area contributed by atoms with E-state index in [-0.39, 0.29) is 0 Å². The monoisotopic (exact) mass is 155 g/mol. The minimum atomic E-state index is -3.67. The molecule has 0 atom stereocenters. The van der Waals surface area contributed by atoms with Gasteiger partial charge in [-0.25, -0.2) is 4.48 Å². The molecule has 0 saturated carbocycles. The van der Waals surface area contributed by atoms with Crippen molar-refractivity contribution in [3.8, 4) is 6.19 Å². The SMILES string of the molecule is C[N+](C)(C)C#N.FC(F)F. The molecular formula is C5H10F3N2+. The average molecular weight is 155 g/mol. The highest BCUT2D eigenvalue weighted by Gasteiger charge is 2.00. The summed E-state index contributed by atoms with van der Waals surface area (Å²) < 4.78 is 29.4. The van der Waals surface area contributed by atoms with Crippen LogP contribution in [0.1, 0.15) is 0 Å². The van der Waals surface area contributed by atoms with Crippen molar-refractivity contribution in [2.75, 3.05) is 21.1 Å². The van der Waals surface area contributed by atoms with Gasteiger partial charge in [0.15, 0.2) is 0 Å². The molecule has 0 heterocycles. The van der Waals surface area contributed by atoms with Gasteiger partial charge >= 0.3 is 12.9 Å². The van der Waals surface area contributed by atoms with E-state index >= 15 is 0 Å². The topological polar surface area (TPSA) is 23.8 Å². The summed E-state index contributed by atoms with van der Waals surface area (Å²) in [4.78, 5) is 0. The molecule has 0 aliphatic rings. The number of nitrogens with zero attached hydrogens (tertiary/aromatic N) is 2. The quantitative estimate of drug-likeness (QED) is 0.382. The van der Waals surface area contributed by atoms with E-state index in [1.54, 1.807) is 0 Å². The number of halogens is 3. The predicted octanol–water partition coefficient (Wildman–Crippen LogP) is 1.35. The Morgan fingerprint density at radius 3 is 1.30 bits per heavy atom. The summed E-state index contributed by atoms with van der Waals surface area (Å²) in [6, 6.07) is 0. The van der Waals surface area contributed by atoms with Crippen LogP contribution in [-0.4, -0.2) is 32.3 Å². The Hall–Kier alpha value is -0.760. The van der Waals surface area contributed by atoms with Crippen LogP contribution in [0.25, 0.3) is 0 Å². The minimum absolute atomic E-state index is 0.375. The predicted molar refractivity (Wildman–Crippen MR) is 30.8 cm³/mol. The number of nitriles is 1. The molecule has 0 aromatic carbocycles. The van der Waals surface area contributed by atoms with Crippen LogP contribution in [0.2, 0.25) is 0 Å². The second-order valence-corrected chi connectivity index (χ2v) is 2.36. The third-order valence-electron chi connectivity index (χ3n) is 0.300. The Labute approximate surface area is 58.1 Å². The van der Waals surface area contributed by atoms with Gasteiger partial charge in [0, 0.05) is 0 Å². The highest BCUT2D eigenvalue weighted by molar-refractivity contribution is 4.43. The highest BCUT2D eigenvalue weighted by Crippen LogP contribution is 1.87. The van der Waals surface area contributed by atoms with Crippen LogP contribution >= 0.6 is 0 Å². The maximum Gasteiger partial charge on any atom is 0.379 e. The largest absolute Gasteiger partial charge is 0.379 e. The van der Waals surface area contributed by atoms with E-state index in [1.807, 2.05) is 27.3 Å². The minimum Gasteiger partial charge on any atom is -0.231 e. The normalized spacial score (nSPS) is 9.80. The molecule has 0 N–H and O–H groups in total. The van der Waals surface area contributed by atoms with Crippen molar-refractivity contribution in [2.45, 2.75) is 6.68 Å². The van der Waals surface area contributed by atoms with E-state index in [4.69, 9.17) is 5.26 Å².